The molecule has 0 unspecified atom stereocenters. The second-order valence-electron chi connectivity index (χ2n) is 3.52. The molecule has 1 atom stereocenters. The molecule has 0 fully saturated rings. The van der Waals surface area contributed by atoms with Gasteiger partial charge in [0, 0.05) is 10.1 Å². The van der Waals surface area contributed by atoms with Crippen LogP contribution in [0.3, 0.4) is 0 Å². The fourth-order valence-corrected chi connectivity index (χ4v) is 2.19. The minimum absolute atomic E-state index is 0.151. The molecule has 0 N–H and O–H groups in total. The van der Waals surface area contributed by atoms with Crippen LogP contribution in [0.1, 0.15) is 18.9 Å². The van der Waals surface area contributed by atoms with Crippen LogP contribution in [0.25, 0.3) is 0 Å². The summed E-state index contributed by atoms with van der Waals surface area (Å²) < 4.78 is 4.63. The Hall–Kier alpha value is -0.960. The Balaban J connectivity index is 2.47. The zero-order valence-electron chi connectivity index (χ0n) is 9.32. The molecule has 0 radical (unpaired) electrons. The highest BCUT2D eigenvalue weighted by atomic mass is 32.2. The van der Waals surface area contributed by atoms with E-state index in [1.807, 2.05) is 6.92 Å². The lowest BCUT2D eigenvalue weighted by Gasteiger charge is -2.09. The molecule has 1 rings (SSSR count). The number of esters is 1. The first-order valence-corrected chi connectivity index (χ1v) is 5.80. The lowest BCUT2D eigenvalue weighted by Crippen LogP contribution is -2.08. The van der Waals surface area contributed by atoms with E-state index in [1.54, 1.807) is 11.8 Å². The van der Waals surface area contributed by atoms with Crippen molar-refractivity contribution in [1.29, 1.82) is 0 Å². The highest BCUT2D eigenvalue weighted by molar-refractivity contribution is 8.00. The number of hydrogen-bond donors (Lipinski definition) is 0. The molecular formula is C12H16O2S. The van der Waals surface area contributed by atoms with Crippen LogP contribution in [0.2, 0.25) is 0 Å². The van der Waals surface area contributed by atoms with Gasteiger partial charge in [0.1, 0.15) is 0 Å². The summed E-state index contributed by atoms with van der Waals surface area (Å²) in [5.74, 6) is -0.151. The summed E-state index contributed by atoms with van der Waals surface area (Å²) in [6, 6.07) is 8.31. The molecule has 0 aliphatic carbocycles. The van der Waals surface area contributed by atoms with Gasteiger partial charge in [-0.2, -0.15) is 0 Å². The molecule has 3 heteroatoms. The SMILES string of the molecule is COC(=O)C[C@H](C)Sc1ccc(C)cc1. The average Bonchev–Trinajstić information content (AvgIpc) is 2.21. The Kier molecular flexibility index (Phi) is 4.69. The molecule has 0 saturated heterocycles. The molecule has 1 aromatic carbocycles. The van der Waals surface area contributed by atoms with Crippen molar-refractivity contribution in [3.05, 3.63) is 29.8 Å². The van der Waals surface area contributed by atoms with Crippen LogP contribution in [-0.4, -0.2) is 18.3 Å². The molecule has 0 saturated carbocycles. The van der Waals surface area contributed by atoms with E-state index in [0.29, 0.717) is 6.42 Å². The van der Waals surface area contributed by atoms with Gasteiger partial charge in [0.05, 0.1) is 13.5 Å². The number of carbonyl (C=O) groups excluding carboxylic acids is 1. The Morgan fingerprint density at radius 2 is 2.00 bits per heavy atom. The summed E-state index contributed by atoms with van der Waals surface area (Å²) in [7, 11) is 1.42. The van der Waals surface area contributed by atoms with E-state index in [2.05, 4.69) is 35.9 Å². The van der Waals surface area contributed by atoms with Crippen LogP contribution in [0.15, 0.2) is 29.2 Å². The van der Waals surface area contributed by atoms with Gasteiger partial charge in [0.25, 0.3) is 0 Å². The average molecular weight is 224 g/mol. The molecular weight excluding hydrogens is 208 g/mol. The molecule has 0 spiro atoms. The van der Waals surface area contributed by atoms with Crippen LogP contribution >= 0.6 is 11.8 Å². The zero-order chi connectivity index (χ0) is 11.3. The highest BCUT2D eigenvalue weighted by Gasteiger charge is 2.10. The summed E-state index contributed by atoms with van der Waals surface area (Å²) >= 11 is 1.70. The van der Waals surface area contributed by atoms with Gasteiger partial charge in [0.2, 0.25) is 0 Å². The van der Waals surface area contributed by atoms with Gasteiger partial charge in [-0.25, -0.2) is 0 Å². The number of carbonyl (C=O) groups is 1. The van der Waals surface area contributed by atoms with Gasteiger partial charge in [-0.15, -0.1) is 11.8 Å². The van der Waals surface area contributed by atoms with Crippen molar-refractivity contribution in [3.8, 4) is 0 Å². The molecule has 0 amide bonds. The minimum atomic E-state index is -0.151. The largest absolute Gasteiger partial charge is 0.469 e. The number of ether oxygens (including phenoxy) is 1. The predicted octanol–water partition coefficient (Wildman–Crippen LogP) is 3.04. The van der Waals surface area contributed by atoms with Crippen molar-refractivity contribution in [2.75, 3.05) is 7.11 Å². The second kappa shape index (κ2) is 5.81. The van der Waals surface area contributed by atoms with E-state index in [-0.39, 0.29) is 11.2 Å². The van der Waals surface area contributed by atoms with Gasteiger partial charge in [0.15, 0.2) is 0 Å². The molecule has 0 aliphatic heterocycles. The highest BCUT2D eigenvalue weighted by Crippen LogP contribution is 2.25. The summed E-state index contributed by atoms with van der Waals surface area (Å²) in [5.41, 5.74) is 1.25. The Bertz CT molecular complexity index is 319. The third-order valence-corrected chi connectivity index (χ3v) is 3.15. The standard InChI is InChI=1S/C12H16O2S/c1-9-4-6-11(7-5-9)15-10(2)8-12(13)14-3/h4-7,10H,8H2,1-3H3/t10-/m0/s1. The summed E-state index contributed by atoms with van der Waals surface area (Å²) in [6.07, 6.45) is 0.453. The van der Waals surface area contributed by atoms with Gasteiger partial charge < -0.3 is 4.74 Å². The van der Waals surface area contributed by atoms with Crippen LogP contribution in [0, 0.1) is 6.92 Å². The zero-order valence-corrected chi connectivity index (χ0v) is 10.1. The van der Waals surface area contributed by atoms with Crippen molar-refractivity contribution in [3.63, 3.8) is 0 Å². The van der Waals surface area contributed by atoms with Crippen molar-refractivity contribution in [2.45, 2.75) is 30.4 Å². The van der Waals surface area contributed by atoms with Crippen molar-refractivity contribution in [1.82, 2.24) is 0 Å². The lowest BCUT2D eigenvalue weighted by molar-refractivity contribution is -0.140. The first-order chi connectivity index (χ1) is 7.11. The van der Waals surface area contributed by atoms with Crippen LogP contribution in [0.4, 0.5) is 0 Å². The smallest absolute Gasteiger partial charge is 0.306 e. The summed E-state index contributed by atoms with van der Waals surface area (Å²) in [5, 5.41) is 0.250. The number of methoxy groups -OCH3 is 1. The first kappa shape index (κ1) is 12.1. The molecule has 1 aromatic rings. The monoisotopic (exact) mass is 224 g/mol. The van der Waals surface area contributed by atoms with E-state index in [9.17, 15) is 4.79 Å². The fourth-order valence-electron chi connectivity index (χ4n) is 1.21. The third-order valence-electron chi connectivity index (χ3n) is 2.04. The van der Waals surface area contributed by atoms with Crippen LogP contribution in [-0.2, 0) is 9.53 Å². The minimum Gasteiger partial charge on any atom is -0.469 e. The fraction of sp³-hybridized carbons (Fsp3) is 0.417. The number of hydrogen-bond acceptors (Lipinski definition) is 3. The van der Waals surface area contributed by atoms with E-state index in [4.69, 9.17) is 0 Å². The van der Waals surface area contributed by atoms with E-state index in [0.717, 1.165) is 0 Å². The van der Waals surface area contributed by atoms with E-state index >= 15 is 0 Å². The predicted molar refractivity (Wildman–Crippen MR) is 63.1 cm³/mol. The van der Waals surface area contributed by atoms with E-state index < -0.39 is 0 Å². The van der Waals surface area contributed by atoms with Crippen molar-refractivity contribution in [2.24, 2.45) is 0 Å². The maximum atomic E-state index is 11.0. The lowest BCUT2D eigenvalue weighted by atomic mass is 10.2. The first-order valence-electron chi connectivity index (χ1n) is 4.92. The Labute approximate surface area is 95.0 Å². The summed E-state index contributed by atoms with van der Waals surface area (Å²) in [4.78, 5) is 12.2. The number of aryl methyl sites for hydroxylation is 1. The number of benzene rings is 1. The van der Waals surface area contributed by atoms with Gasteiger partial charge in [-0.1, -0.05) is 24.6 Å². The second-order valence-corrected chi connectivity index (χ2v) is 5.03. The number of thioether (sulfide) groups is 1. The van der Waals surface area contributed by atoms with Crippen molar-refractivity contribution < 1.29 is 9.53 Å². The topological polar surface area (TPSA) is 26.3 Å². The molecule has 15 heavy (non-hydrogen) atoms. The van der Waals surface area contributed by atoms with Crippen LogP contribution < -0.4 is 0 Å². The van der Waals surface area contributed by atoms with Crippen molar-refractivity contribution >= 4 is 17.7 Å². The Morgan fingerprint density at radius 1 is 1.40 bits per heavy atom. The maximum absolute atomic E-state index is 11.0. The third kappa shape index (κ3) is 4.38. The quantitative estimate of drug-likeness (QED) is 0.581. The molecule has 0 heterocycles. The van der Waals surface area contributed by atoms with E-state index in [1.165, 1.54) is 17.6 Å². The normalized spacial score (nSPS) is 12.2. The molecule has 0 aliphatic rings. The molecule has 0 bridgehead atoms. The maximum Gasteiger partial charge on any atom is 0.306 e. The van der Waals surface area contributed by atoms with Gasteiger partial charge in [-0.05, 0) is 19.1 Å². The Morgan fingerprint density at radius 3 is 2.53 bits per heavy atom. The van der Waals surface area contributed by atoms with Gasteiger partial charge >= 0.3 is 5.97 Å². The molecule has 82 valence electrons. The molecule has 0 aromatic heterocycles. The number of rotatable bonds is 4. The van der Waals surface area contributed by atoms with Crippen LogP contribution in [0.5, 0.6) is 0 Å². The molecule has 2 nitrogen and oxygen atoms in total. The van der Waals surface area contributed by atoms with Gasteiger partial charge in [-0.3, -0.25) is 4.79 Å². The summed E-state index contributed by atoms with van der Waals surface area (Å²) in [6.45, 7) is 4.09.